The van der Waals surface area contributed by atoms with Crippen molar-refractivity contribution in [2.24, 2.45) is 5.73 Å². The molecule has 1 unspecified atom stereocenters. The molecule has 18 heavy (non-hydrogen) atoms. The first-order chi connectivity index (χ1) is 8.70. The Morgan fingerprint density at radius 3 is 2.89 bits per heavy atom. The highest BCUT2D eigenvalue weighted by molar-refractivity contribution is 5.92. The molecule has 0 aromatic carbocycles. The van der Waals surface area contributed by atoms with Crippen molar-refractivity contribution in [3.05, 3.63) is 53.7 Å². The summed E-state index contributed by atoms with van der Waals surface area (Å²) in [5.74, 6) is 0.476. The van der Waals surface area contributed by atoms with Crippen molar-refractivity contribution in [2.75, 3.05) is 0 Å². The molecule has 2 rings (SSSR count). The number of aromatic nitrogens is 1. The number of carbonyl (C=O) groups is 1. The molecule has 1 amide bonds. The van der Waals surface area contributed by atoms with Gasteiger partial charge in [0.1, 0.15) is 11.5 Å². The van der Waals surface area contributed by atoms with E-state index in [0.29, 0.717) is 18.0 Å². The predicted octanol–water partition coefficient (Wildman–Crippen LogP) is 1.62. The third kappa shape index (κ3) is 2.75. The summed E-state index contributed by atoms with van der Waals surface area (Å²) < 4.78 is 5.22. The number of nitrogens with one attached hydrogen (secondary N) is 1. The smallest absolute Gasteiger partial charge is 0.270 e. The van der Waals surface area contributed by atoms with E-state index in [-0.39, 0.29) is 11.9 Å². The number of rotatable bonds is 4. The zero-order valence-corrected chi connectivity index (χ0v) is 10.1. The van der Waals surface area contributed by atoms with Crippen LogP contribution in [0.2, 0.25) is 0 Å². The summed E-state index contributed by atoms with van der Waals surface area (Å²) in [6.45, 7) is 2.27. The van der Waals surface area contributed by atoms with Gasteiger partial charge in [0, 0.05) is 12.7 Å². The summed E-state index contributed by atoms with van der Waals surface area (Å²) in [6.07, 6.45) is 3.18. The lowest BCUT2D eigenvalue weighted by molar-refractivity contribution is 0.0930. The average molecular weight is 245 g/mol. The van der Waals surface area contributed by atoms with E-state index in [0.717, 1.165) is 5.56 Å². The monoisotopic (exact) mass is 245 g/mol. The van der Waals surface area contributed by atoms with Crippen molar-refractivity contribution in [3.63, 3.8) is 0 Å². The number of nitrogens with zero attached hydrogens (tertiary/aromatic N) is 1. The molecule has 0 saturated carbocycles. The number of hydrogen-bond acceptors (Lipinski definition) is 4. The molecule has 0 saturated heterocycles. The Morgan fingerprint density at radius 2 is 2.33 bits per heavy atom. The molecule has 5 nitrogen and oxygen atoms in total. The maximum Gasteiger partial charge on any atom is 0.270 e. The fourth-order valence-electron chi connectivity index (χ4n) is 1.56. The van der Waals surface area contributed by atoms with Gasteiger partial charge in [-0.1, -0.05) is 6.07 Å². The van der Waals surface area contributed by atoms with Crippen LogP contribution in [0.25, 0.3) is 0 Å². The van der Waals surface area contributed by atoms with Crippen LogP contribution >= 0.6 is 0 Å². The van der Waals surface area contributed by atoms with Crippen LogP contribution in [-0.2, 0) is 6.54 Å². The van der Waals surface area contributed by atoms with Crippen LogP contribution < -0.4 is 11.1 Å². The summed E-state index contributed by atoms with van der Waals surface area (Å²) in [7, 11) is 0. The van der Waals surface area contributed by atoms with Gasteiger partial charge >= 0.3 is 0 Å². The van der Waals surface area contributed by atoms with Crippen LogP contribution in [0.3, 0.4) is 0 Å². The van der Waals surface area contributed by atoms with Crippen LogP contribution in [0.15, 0.2) is 41.1 Å². The molecule has 0 aliphatic heterocycles. The summed E-state index contributed by atoms with van der Waals surface area (Å²) >= 11 is 0. The average Bonchev–Trinajstić information content (AvgIpc) is 2.92. The molecule has 2 aromatic heterocycles. The van der Waals surface area contributed by atoms with Crippen molar-refractivity contribution in [3.8, 4) is 0 Å². The third-order valence-corrected chi connectivity index (χ3v) is 2.61. The fourth-order valence-corrected chi connectivity index (χ4v) is 1.56. The zero-order chi connectivity index (χ0) is 13.0. The predicted molar refractivity (Wildman–Crippen MR) is 66.7 cm³/mol. The molecule has 3 N–H and O–H groups in total. The molecular weight excluding hydrogens is 230 g/mol. The largest absolute Gasteiger partial charge is 0.467 e. The van der Waals surface area contributed by atoms with Crippen molar-refractivity contribution < 1.29 is 9.21 Å². The highest BCUT2D eigenvalue weighted by Gasteiger charge is 2.13. The first kappa shape index (κ1) is 12.3. The number of nitrogens with two attached hydrogens (primary N) is 1. The van der Waals surface area contributed by atoms with E-state index in [1.165, 1.54) is 0 Å². The Bertz CT molecular complexity index is 506. The molecule has 0 aliphatic rings. The molecule has 2 heterocycles. The standard InChI is InChI=1S/C13H15N3O2/c1-9(12-3-2-6-18-12)16-13(17)11-5-4-10(7-14)8-15-11/h2-6,8-9H,7,14H2,1H3,(H,16,17). The van der Waals surface area contributed by atoms with E-state index < -0.39 is 0 Å². The minimum absolute atomic E-state index is 0.191. The van der Waals surface area contributed by atoms with Gasteiger partial charge < -0.3 is 15.5 Å². The fraction of sp³-hybridized carbons (Fsp3) is 0.231. The number of hydrogen-bond donors (Lipinski definition) is 2. The number of carbonyl (C=O) groups excluding carboxylic acids is 1. The van der Waals surface area contributed by atoms with Crippen LogP contribution in [-0.4, -0.2) is 10.9 Å². The minimum Gasteiger partial charge on any atom is -0.467 e. The molecule has 94 valence electrons. The summed E-state index contributed by atoms with van der Waals surface area (Å²) in [5, 5.41) is 2.81. The second-order valence-corrected chi connectivity index (χ2v) is 3.97. The van der Waals surface area contributed by atoms with Crippen LogP contribution in [0, 0.1) is 0 Å². The van der Waals surface area contributed by atoms with Gasteiger partial charge in [-0.25, -0.2) is 0 Å². The molecule has 2 aromatic rings. The second-order valence-electron chi connectivity index (χ2n) is 3.97. The maximum absolute atomic E-state index is 11.9. The van der Waals surface area contributed by atoms with E-state index in [1.807, 2.05) is 13.0 Å². The van der Waals surface area contributed by atoms with E-state index in [1.54, 1.807) is 30.7 Å². The molecule has 0 spiro atoms. The van der Waals surface area contributed by atoms with Gasteiger partial charge in [-0.15, -0.1) is 0 Å². The lowest BCUT2D eigenvalue weighted by Gasteiger charge is -2.10. The Kier molecular flexibility index (Phi) is 3.74. The van der Waals surface area contributed by atoms with E-state index in [2.05, 4.69) is 10.3 Å². The molecular formula is C13H15N3O2. The van der Waals surface area contributed by atoms with Gasteiger partial charge in [-0.2, -0.15) is 0 Å². The number of pyridine rings is 1. The maximum atomic E-state index is 11.9. The Labute approximate surface area is 105 Å². The Balaban J connectivity index is 2.03. The Hall–Kier alpha value is -2.14. The van der Waals surface area contributed by atoms with Gasteiger partial charge in [0.15, 0.2) is 0 Å². The van der Waals surface area contributed by atoms with Gasteiger partial charge in [-0.3, -0.25) is 9.78 Å². The molecule has 0 aliphatic carbocycles. The highest BCUT2D eigenvalue weighted by Crippen LogP contribution is 2.12. The first-order valence-corrected chi connectivity index (χ1v) is 5.70. The first-order valence-electron chi connectivity index (χ1n) is 5.70. The van der Waals surface area contributed by atoms with Gasteiger partial charge in [0.05, 0.1) is 12.3 Å². The number of amides is 1. The van der Waals surface area contributed by atoms with E-state index in [4.69, 9.17) is 10.2 Å². The molecule has 0 bridgehead atoms. The van der Waals surface area contributed by atoms with E-state index in [9.17, 15) is 4.79 Å². The summed E-state index contributed by atoms with van der Waals surface area (Å²) in [4.78, 5) is 16.0. The van der Waals surface area contributed by atoms with Crippen molar-refractivity contribution in [1.82, 2.24) is 10.3 Å². The van der Waals surface area contributed by atoms with Crippen molar-refractivity contribution >= 4 is 5.91 Å². The van der Waals surface area contributed by atoms with Gasteiger partial charge in [-0.05, 0) is 30.7 Å². The lowest BCUT2D eigenvalue weighted by Crippen LogP contribution is -2.27. The van der Waals surface area contributed by atoms with Gasteiger partial charge in [0.2, 0.25) is 0 Å². The molecule has 1 atom stereocenters. The van der Waals surface area contributed by atoms with Crippen LogP contribution in [0.5, 0.6) is 0 Å². The summed E-state index contributed by atoms with van der Waals surface area (Å²) in [5.41, 5.74) is 6.73. The van der Waals surface area contributed by atoms with E-state index >= 15 is 0 Å². The van der Waals surface area contributed by atoms with Crippen molar-refractivity contribution in [1.29, 1.82) is 0 Å². The topological polar surface area (TPSA) is 81.2 Å². The van der Waals surface area contributed by atoms with Gasteiger partial charge in [0.25, 0.3) is 5.91 Å². The second kappa shape index (κ2) is 5.46. The summed E-state index contributed by atoms with van der Waals surface area (Å²) in [6, 6.07) is 6.86. The van der Waals surface area contributed by atoms with Crippen LogP contribution in [0.4, 0.5) is 0 Å². The highest BCUT2D eigenvalue weighted by atomic mass is 16.3. The normalized spacial score (nSPS) is 12.1. The molecule has 0 radical (unpaired) electrons. The number of furan rings is 1. The zero-order valence-electron chi connectivity index (χ0n) is 10.1. The quantitative estimate of drug-likeness (QED) is 0.857. The molecule has 0 fully saturated rings. The molecule has 5 heteroatoms. The Morgan fingerprint density at radius 1 is 1.50 bits per heavy atom. The lowest BCUT2D eigenvalue weighted by atomic mass is 10.2. The minimum atomic E-state index is -0.234. The van der Waals surface area contributed by atoms with Crippen LogP contribution in [0.1, 0.15) is 34.8 Å². The van der Waals surface area contributed by atoms with Crippen molar-refractivity contribution in [2.45, 2.75) is 19.5 Å². The SMILES string of the molecule is CC(NC(=O)c1ccc(CN)cn1)c1ccco1. The third-order valence-electron chi connectivity index (χ3n) is 2.61.